The fraction of sp³-hybridized carbons (Fsp3) is 0.267. The van der Waals surface area contributed by atoms with Crippen molar-refractivity contribution in [3.63, 3.8) is 0 Å². The van der Waals surface area contributed by atoms with Crippen molar-refractivity contribution in [3.05, 3.63) is 46.6 Å². The molecule has 0 saturated heterocycles. The normalized spacial score (nSPS) is 12.8. The van der Waals surface area contributed by atoms with Crippen LogP contribution >= 0.6 is 12.2 Å². The number of methoxy groups -OCH3 is 1. The molecule has 0 radical (unpaired) electrons. The molecule has 3 rings (SSSR count). The van der Waals surface area contributed by atoms with E-state index in [0.717, 1.165) is 28.3 Å². The second-order valence-corrected chi connectivity index (χ2v) is 5.19. The van der Waals surface area contributed by atoms with Gasteiger partial charge in [0.15, 0.2) is 4.77 Å². The van der Waals surface area contributed by atoms with Crippen molar-refractivity contribution < 1.29 is 9.15 Å². The lowest BCUT2D eigenvalue weighted by molar-refractivity contribution is 0.415. The Labute approximate surface area is 122 Å². The van der Waals surface area contributed by atoms with Gasteiger partial charge in [-0.3, -0.25) is 0 Å². The number of benzene rings is 1. The van der Waals surface area contributed by atoms with Crippen LogP contribution < -0.4 is 4.74 Å². The highest BCUT2D eigenvalue weighted by Gasteiger charge is 2.16. The number of aryl methyl sites for hydroxylation is 1. The number of H-pyrrole nitrogens is 1. The minimum absolute atomic E-state index is 0.0401. The van der Waals surface area contributed by atoms with E-state index in [0.29, 0.717) is 4.77 Å². The Hall–Kier alpha value is -2.01. The standard InChI is InChI=1S/C15H16N2O2S/c1-9-4-7-14(19-9)10(2)17-13-6-5-11(18-3)8-12(13)16-15(17)20/h4-8,10H,1-3H3,(H,16,20). The Morgan fingerprint density at radius 3 is 2.75 bits per heavy atom. The first-order valence-electron chi connectivity index (χ1n) is 6.44. The summed E-state index contributed by atoms with van der Waals surface area (Å²) in [6.45, 7) is 4.02. The smallest absolute Gasteiger partial charge is 0.178 e. The molecule has 0 bridgehead atoms. The zero-order valence-electron chi connectivity index (χ0n) is 11.6. The van der Waals surface area contributed by atoms with Crippen molar-refractivity contribution in [2.75, 3.05) is 7.11 Å². The maximum absolute atomic E-state index is 5.71. The van der Waals surface area contributed by atoms with E-state index in [4.69, 9.17) is 21.4 Å². The number of aromatic amines is 1. The number of imidazole rings is 1. The van der Waals surface area contributed by atoms with Crippen molar-refractivity contribution in [1.29, 1.82) is 0 Å². The molecule has 2 aromatic heterocycles. The third-order valence-corrected chi connectivity index (χ3v) is 3.78. The molecule has 20 heavy (non-hydrogen) atoms. The van der Waals surface area contributed by atoms with E-state index < -0.39 is 0 Å². The highest BCUT2D eigenvalue weighted by Crippen LogP contribution is 2.27. The van der Waals surface area contributed by atoms with Gasteiger partial charge in [-0.1, -0.05) is 0 Å². The van der Waals surface area contributed by atoms with Crippen LogP contribution in [0.3, 0.4) is 0 Å². The molecule has 1 aromatic carbocycles. The number of hydrogen-bond acceptors (Lipinski definition) is 3. The Kier molecular flexibility index (Phi) is 3.14. The van der Waals surface area contributed by atoms with Gasteiger partial charge in [0.1, 0.15) is 17.3 Å². The number of aromatic nitrogens is 2. The summed E-state index contributed by atoms with van der Waals surface area (Å²) in [5.41, 5.74) is 2.00. The predicted molar refractivity (Wildman–Crippen MR) is 80.9 cm³/mol. The van der Waals surface area contributed by atoms with Crippen molar-refractivity contribution in [2.24, 2.45) is 0 Å². The summed E-state index contributed by atoms with van der Waals surface area (Å²) in [5.74, 6) is 2.61. The molecule has 0 aliphatic carbocycles. The van der Waals surface area contributed by atoms with Crippen LogP contribution in [0.25, 0.3) is 11.0 Å². The summed E-state index contributed by atoms with van der Waals surface area (Å²) in [6, 6.07) is 9.88. The number of hydrogen-bond donors (Lipinski definition) is 1. The van der Waals surface area contributed by atoms with Gasteiger partial charge in [0.05, 0.1) is 24.2 Å². The molecule has 4 nitrogen and oxygen atoms in total. The lowest BCUT2D eigenvalue weighted by atomic mass is 10.2. The van der Waals surface area contributed by atoms with Crippen LogP contribution in [0.4, 0.5) is 0 Å². The molecular weight excluding hydrogens is 272 g/mol. The minimum Gasteiger partial charge on any atom is -0.497 e. The zero-order chi connectivity index (χ0) is 14.3. The van der Waals surface area contributed by atoms with Crippen LogP contribution in [-0.4, -0.2) is 16.7 Å². The second-order valence-electron chi connectivity index (χ2n) is 4.81. The number of nitrogens with one attached hydrogen (secondary N) is 1. The van der Waals surface area contributed by atoms with Gasteiger partial charge >= 0.3 is 0 Å². The topological polar surface area (TPSA) is 43.1 Å². The van der Waals surface area contributed by atoms with Gasteiger partial charge in [-0.2, -0.15) is 0 Å². The zero-order valence-corrected chi connectivity index (χ0v) is 12.5. The lowest BCUT2D eigenvalue weighted by Gasteiger charge is -2.12. The SMILES string of the molecule is COc1ccc2c(c1)[nH]c(=S)n2C(C)c1ccc(C)o1. The Morgan fingerprint density at radius 2 is 2.10 bits per heavy atom. The summed E-state index contributed by atoms with van der Waals surface area (Å²) in [5, 5.41) is 0. The van der Waals surface area contributed by atoms with Gasteiger partial charge in [-0.15, -0.1) is 0 Å². The molecule has 3 aromatic rings. The molecule has 0 amide bonds. The molecule has 0 spiro atoms. The van der Waals surface area contributed by atoms with Crippen LogP contribution in [0.2, 0.25) is 0 Å². The summed E-state index contributed by atoms with van der Waals surface area (Å²) in [4.78, 5) is 3.22. The van der Waals surface area contributed by atoms with Crippen molar-refractivity contribution >= 4 is 23.3 Å². The number of fused-ring (bicyclic) bond motifs is 1. The number of rotatable bonds is 3. The maximum atomic E-state index is 5.71. The van der Waals surface area contributed by atoms with E-state index in [2.05, 4.69) is 16.5 Å². The van der Waals surface area contributed by atoms with Crippen LogP contribution in [0.15, 0.2) is 34.7 Å². The monoisotopic (exact) mass is 288 g/mol. The highest BCUT2D eigenvalue weighted by atomic mass is 32.1. The summed E-state index contributed by atoms with van der Waals surface area (Å²) >= 11 is 5.44. The third kappa shape index (κ3) is 2.04. The summed E-state index contributed by atoms with van der Waals surface area (Å²) in [6.07, 6.45) is 0. The van der Waals surface area contributed by atoms with E-state index in [1.54, 1.807) is 7.11 Å². The average Bonchev–Trinajstić information content (AvgIpc) is 3.00. The molecule has 2 heterocycles. The second kappa shape index (κ2) is 4.83. The van der Waals surface area contributed by atoms with Crippen molar-refractivity contribution in [1.82, 2.24) is 9.55 Å². The van der Waals surface area contributed by atoms with Gasteiger partial charge in [-0.25, -0.2) is 0 Å². The fourth-order valence-electron chi connectivity index (χ4n) is 2.43. The van der Waals surface area contributed by atoms with E-state index in [-0.39, 0.29) is 6.04 Å². The molecule has 0 fully saturated rings. The lowest BCUT2D eigenvalue weighted by Crippen LogP contribution is -2.05. The molecule has 0 aliphatic heterocycles. The quantitative estimate of drug-likeness (QED) is 0.734. The van der Waals surface area contributed by atoms with Crippen molar-refractivity contribution in [3.8, 4) is 5.75 Å². The largest absolute Gasteiger partial charge is 0.497 e. The Balaban J connectivity index is 2.16. The van der Waals surface area contributed by atoms with E-state index >= 15 is 0 Å². The Morgan fingerprint density at radius 1 is 1.30 bits per heavy atom. The first-order chi connectivity index (χ1) is 9.60. The first kappa shape index (κ1) is 13.0. The molecule has 1 N–H and O–H groups in total. The van der Waals surface area contributed by atoms with Crippen LogP contribution in [-0.2, 0) is 0 Å². The van der Waals surface area contributed by atoms with Crippen LogP contribution in [0.5, 0.6) is 5.75 Å². The number of nitrogens with zero attached hydrogens (tertiary/aromatic N) is 1. The van der Waals surface area contributed by atoms with Crippen LogP contribution in [0, 0.1) is 11.7 Å². The Bertz CT molecular complexity index is 813. The fourth-order valence-corrected chi connectivity index (χ4v) is 2.79. The maximum Gasteiger partial charge on any atom is 0.178 e. The summed E-state index contributed by atoms with van der Waals surface area (Å²) in [7, 11) is 1.65. The molecule has 0 saturated carbocycles. The van der Waals surface area contributed by atoms with E-state index in [1.807, 2.05) is 37.3 Å². The molecule has 1 unspecified atom stereocenters. The minimum atomic E-state index is 0.0401. The molecular formula is C15H16N2O2S. The van der Waals surface area contributed by atoms with E-state index in [9.17, 15) is 0 Å². The number of ether oxygens (including phenoxy) is 1. The van der Waals surface area contributed by atoms with Gasteiger partial charge in [0, 0.05) is 6.07 Å². The van der Waals surface area contributed by atoms with Gasteiger partial charge in [0.2, 0.25) is 0 Å². The van der Waals surface area contributed by atoms with E-state index in [1.165, 1.54) is 0 Å². The molecule has 0 aliphatic rings. The highest BCUT2D eigenvalue weighted by molar-refractivity contribution is 7.71. The van der Waals surface area contributed by atoms with Gasteiger partial charge in [0.25, 0.3) is 0 Å². The van der Waals surface area contributed by atoms with Crippen LogP contribution in [0.1, 0.15) is 24.5 Å². The van der Waals surface area contributed by atoms with Gasteiger partial charge < -0.3 is 18.7 Å². The average molecular weight is 288 g/mol. The molecule has 1 atom stereocenters. The first-order valence-corrected chi connectivity index (χ1v) is 6.85. The van der Waals surface area contributed by atoms with Crippen molar-refractivity contribution in [2.45, 2.75) is 19.9 Å². The predicted octanol–water partition coefficient (Wildman–Crippen LogP) is 4.22. The van der Waals surface area contributed by atoms with Gasteiger partial charge in [-0.05, 0) is 50.3 Å². The molecule has 104 valence electrons. The number of furan rings is 1. The third-order valence-electron chi connectivity index (χ3n) is 3.48. The molecule has 5 heteroatoms. The summed E-state index contributed by atoms with van der Waals surface area (Å²) < 4.78 is 13.7.